The van der Waals surface area contributed by atoms with Gasteiger partial charge in [0.2, 0.25) is 0 Å². The predicted octanol–water partition coefficient (Wildman–Crippen LogP) is 6.11. The predicted molar refractivity (Wildman–Crippen MR) is 127 cm³/mol. The molecule has 0 saturated heterocycles. The number of para-hydroxylation sites is 1. The number of aliphatic hydroxyl groups is 1. The zero-order valence-electron chi connectivity index (χ0n) is 19.6. The molecule has 31 heavy (non-hydrogen) atoms. The number of benzene rings is 1. The summed E-state index contributed by atoms with van der Waals surface area (Å²) in [6.45, 7) is 9.75. The molecule has 3 fully saturated rings. The highest BCUT2D eigenvalue weighted by atomic mass is 16.3. The van der Waals surface area contributed by atoms with Gasteiger partial charge in [0, 0.05) is 11.6 Å². The maximum atomic E-state index is 10.3. The molecule has 1 N–H and O–H groups in total. The number of nitrogens with zero attached hydrogens (tertiary/aromatic N) is 2. The zero-order chi connectivity index (χ0) is 21.5. The van der Waals surface area contributed by atoms with Gasteiger partial charge >= 0.3 is 0 Å². The highest BCUT2D eigenvalue weighted by molar-refractivity contribution is 5.94. The Morgan fingerprint density at radius 2 is 1.87 bits per heavy atom. The van der Waals surface area contributed by atoms with E-state index in [1.54, 1.807) is 5.57 Å². The van der Waals surface area contributed by atoms with E-state index in [1.165, 1.54) is 49.1 Å². The van der Waals surface area contributed by atoms with Crippen molar-refractivity contribution in [3.05, 3.63) is 41.5 Å². The molecule has 0 aromatic heterocycles. The lowest BCUT2D eigenvalue weighted by molar-refractivity contribution is -0.0509. The molecule has 0 bridgehead atoms. The van der Waals surface area contributed by atoms with E-state index in [0.717, 1.165) is 30.6 Å². The van der Waals surface area contributed by atoms with Gasteiger partial charge in [0.1, 0.15) is 0 Å². The topological polar surface area (TPSA) is 35.8 Å². The molecule has 0 amide bonds. The Morgan fingerprint density at radius 1 is 1.06 bits per heavy atom. The van der Waals surface area contributed by atoms with Crippen LogP contribution in [0.5, 0.6) is 0 Å². The van der Waals surface area contributed by atoms with Gasteiger partial charge in [0.15, 0.2) is 0 Å². The molecule has 0 unspecified atom stereocenters. The Hall–Kier alpha value is -1.61. The van der Waals surface area contributed by atoms with Gasteiger partial charge in [-0.3, -0.25) is 5.01 Å². The van der Waals surface area contributed by atoms with E-state index in [4.69, 9.17) is 5.10 Å². The van der Waals surface area contributed by atoms with Crippen molar-refractivity contribution in [3.8, 4) is 0 Å². The lowest BCUT2D eigenvalue weighted by atomic mass is 9.47. The Labute approximate surface area is 187 Å². The summed E-state index contributed by atoms with van der Waals surface area (Å²) >= 11 is 0. The Balaban J connectivity index is 1.34. The first-order valence-corrected chi connectivity index (χ1v) is 12.6. The number of fused-ring (bicyclic) bond motifs is 7. The van der Waals surface area contributed by atoms with E-state index in [2.05, 4.69) is 63.0 Å². The van der Waals surface area contributed by atoms with Crippen LogP contribution >= 0.6 is 0 Å². The SMILES string of the molecule is Cc1ccccc1N1N=C2C[C@H]3[C@@H]4CC=C5C[C@@H](O)CC[C@]5(C)[C@H]4CC[C@]3(C)[C@H]2[C@@H]1C. The van der Waals surface area contributed by atoms with E-state index in [9.17, 15) is 5.11 Å². The number of aryl methyl sites for hydroxylation is 1. The zero-order valence-corrected chi connectivity index (χ0v) is 19.6. The van der Waals surface area contributed by atoms with E-state index in [-0.39, 0.29) is 6.10 Å². The fraction of sp³-hybridized carbons (Fsp3) is 0.679. The number of hydrogen-bond acceptors (Lipinski definition) is 3. The third kappa shape index (κ3) is 2.65. The highest BCUT2D eigenvalue weighted by Gasteiger charge is 2.63. The number of hydrogen-bond donors (Lipinski definition) is 1. The number of anilines is 1. The molecule has 3 saturated carbocycles. The van der Waals surface area contributed by atoms with Gasteiger partial charge in [-0.2, -0.15) is 5.10 Å². The third-order valence-electron chi connectivity index (χ3n) is 10.5. The summed E-state index contributed by atoms with van der Waals surface area (Å²) in [4.78, 5) is 0. The van der Waals surface area contributed by atoms with Crippen LogP contribution in [0.1, 0.15) is 71.3 Å². The molecular weight excluding hydrogens is 380 g/mol. The number of allylic oxidation sites excluding steroid dienone is 1. The second-order valence-electron chi connectivity index (χ2n) is 11.8. The van der Waals surface area contributed by atoms with Gasteiger partial charge in [0.25, 0.3) is 0 Å². The summed E-state index contributed by atoms with van der Waals surface area (Å²) in [6, 6.07) is 9.16. The largest absolute Gasteiger partial charge is 0.393 e. The van der Waals surface area contributed by atoms with Crippen LogP contribution in [0, 0.1) is 41.4 Å². The van der Waals surface area contributed by atoms with Crippen LogP contribution in [0.3, 0.4) is 0 Å². The van der Waals surface area contributed by atoms with Crippen molar-refractivity contribution >= 4 is 11.4 Å². The number of rotatable bonds is 1. The maximum Gasteiger partial charge on any atom is 0.0626 e. The van der Waals surface area contributed by atoms with Crippen LogP contribution in [0.4, 0.5) is 5.69 Å². The molecule has 1 heterocycles. The molecule has 1 aromatic rings. The van der Waals surface area contributed by atoms with Crippen LogP contribution in [0.2, 0.25) is 0 Å². The van der Waals surface area contributed by atoms with Gasteiger partial charge in [0.05, 0.1) is 17.8 Å². The van der Waals surface area contributed by atoms with Crippen molar-refractivity contribution in [2.75, 3.05) is 5.01 Å². The molecule has 0 radical (unpaired) electrons. The minimum atomic E-state index is -0.113. The Morgan fingerprint density at radius 3 is 2.68 bits per heavy atom. The minimum absolute atomic E-state index is 0.113. The molecule has 4 aliphatic carbocycles. The van der Waals surface area contributed by atoms with Gasteiger partial charge in [-0.1, -0.05) is 43.7 Å². The monoisotopic (exact) mass is 418 g/mol. The van der Waals surface area contributed by atoms with Crippen LogP contribution < -0.4 is 5.01 Å². The van der Waals surface area contributed by atoms with Gasteiger partial charge < -0.3 is 5.11 Å². The van der Waals surface area contributed by atoms with Crippen LogP contribution in [-0.4, -0.2) is 23.0 Å². The van der Waals surface area contributed by atoms with E-state index >= 15 is 0 Å². The summed E-state index contributed by atoms with van der Waals surface area (Å²) in [5.41, 5.74) is 6.34. The summed E-state index contributed by atoms with van der Waals surface area (Å²) in [6.07, 6.45) is 10.6. The molecule has 3 nitrogen and oxygen atoms in total. The third-order valence-corrected chi connectivity index (χ3v) is 10.5. The Bertz CT molecular complexity index is 966. The first kappa shape index (κ1) is 20.0. The normalized spacial score (nSPS) is 45.9. The summed E-state index contributed by atoms with van der Waals surface area (Å²) in [5.74, 6) is 2.93. The molecule has 5 aliphatic rings. The molecule has 8 atom stereocenters. The Kier molecular flexibility index (Phi) is 4.33. The molecule has 166 valence electrons. The summed E-state index contributed by atoms with van der Waals surface area (Å²) in [5, 5.41) is 17.9. The lowest BCUT2D eigenvalue weighted by Gasteiger charge is -2.58. The molecule has 0 spiro atoms. The average molecular weight is 419 g/mol. The standard InChI is InChI=1S/C28H38N2O/c1-17-7-5-6-8-25(17)30-18(2)26-24(29-30)16-23-21-10-9-19-15-20(31)11-13-27(19,3)22(21)12-14-28(23,26)4/h5-9,18,20-23,26,31H,10-16H2,1-4H3/t18-,20-,21+,22-,23-,26-,27-,28-/m0/s1. The highest BCUT2D eigenvalue weighted by Crippen LogP contribution is 2.67. The molecule has 3 heteroatoms. The van der Waals surface area contributed by atoms with Crippen molar-refractivity contribution in [3.63, 3.8) is 0 Å². The first-order valence-electron chi connectivity index (χ1n) is 12.6. The number of aliphatic hydroxyl groups excluding tert-OH is 1. The second kappa shape index (κ2) is 6.70. The minimum Gasteiger partial charge on any atom is -0.393 e. The molecule has 1 aromatic carbocycles. The van der Waals surface area contributed by atoms with Crippen LogP contribution in [0.15, 0.2) is 41.0 Å². The van der Waals surface area contributed by atoms with Crippen LogP contribution in [-0.2, 0) is 0 Å². The molecule has 1 aliphatic heterocycles. The van der Waals surface area contributed by atoms with Crippen molar-refractivity contribution in [2.45, 2.75) is 84.8 Å². The van der Waals surface area contributed by atoms with Gasteiger partial charge in [-0.15, -0.1) is 0 Å². The summed E-state index contributed by atoms with van der Waals surface area (Å²) in [7, 11) is 0. The van der Waals surface area contributed by atoms with E-state index in [1.807, 2.05) is 0 Å². The van der Waals surface area contributed by atoms with Crippen molar-refractivity contribution in [1.29, 1.82) is 0 Å². The van der Waals surface area contributed by atoms with E-state index in [0.29, 0.717) is 22.8 Å². The number of hydrazone groups is 1. The lowest BCUT2D eigenvalue weighted by Crippen LogP contribution is -2.52. The first-order chi connectivity index (χ1) is 14.8. The smallest absolute Gasteiger partial charge is 0.0626 e. The van der Waals surface area contributed by atoms with Gasteiger partial charge in [-0.25, -0.2) is 0 Å². The van der Waals surface area contributed by atoms with Crippen molar-refractivity contribution < 1.29 is 5.11 Å². The molecule has 6 rings (SSSR count). The fourth-order valence-corrected chi connectivity index (χ4v) is 8.89. The van der Waals surface area contributed by atoms with Crippen molar-refractivity contribution in [1.82, 2.24) is 0 Å². The molecular formula is C28H38N2O. The van der Waals surface area contributed by atoms with Crippen molar-refractivity contribution in [2.24, 2.45) is 39.6 Å². The summed E-state index contributed by atoms with van der Waals surface area (Å²) < 4.78 is 0. The van der Waals surface area contributed by atoms with Crippen LogP contribution in [0.25, 0.3) is 0 Å². The second-order valence-corrected chi connectivity index (χ2v) is 11.8. The van der Waals surface area contributed by atoms with Gasteiger partial charge in [-0.05, 0) is 99.0 Å². The quantitative estimate of drug-likeness (QED) is 0.559. The van der Waals surface area contributed by atoms with E-state index < -0.39 is 0 Å². The average Bonchev–Trinajstić information content (AvgIpc) is 3.23. The maximum absolute atomic E-state index is 10.3. The fourth-order valence-electron chi connectivity index (χ4n) is 8.89.